The Balaban J connectivity index is 2.22. The van der Waals surface area contributed by atoms with E-state index in [1.165, 1.54) is 0 Å². The van der Waals surface area contributed by atoms with Crippen molar-refractivity contribution in [2.24, 2.45) is 10.7 Å². The second-order valence-corrected chi connectivity index (χ2v) is 4.59. The first kappa shape index (κ1) is 13.8. The summed E-state index contributed by atoms with van der Waals surface area (Å²) in [6, 6.07) is 7.72. The van der Waals surface area contributed by atoms with Gasteiger partial charge < -0.3 is 11.1 Å². The largest absolute Gasteiger partial charge is 0.369 e. The Morgan fingerprint density at radius 1 is 1.25 bits per heavy atom. The molecule has 0 amide bonds. The van der Waals surface area contributed by atoms with Gasteiger partial charge in [-0.2, -0.15) is 4.99 Å². The number of nitrogens with two attached hydrogens (primary N) is 1. The fourth-order valence-corrected chi connectivity index (χ4v) is 1.61. The number of H-pyrrole nitrogens is 1. The molecule has 0 radical (unpaired) electrons. The van der Waals surface area contributed by atoms with Crippen molar-refractivity contribution in [3.63, 3.8) is 0 Å². The minimum atomic E-state index is -0.209. The molecule has 0 aliphatic rings. The van der Waals surface area contributed by atoms with Gasteiger partial charge >= 0.3 is 0 Å². The minimum Gasteiger partial charge on any atom is -0.369 e. The number of aromatic amines is 1. The van der Waals surface area contributed by atoms with Crippen LogP contribution >= 0.6 is 0 Å². The van der Waals surface area contributed by atoms with Gasteiger partial charge in [-0.05, 0) is 32.9 Å². The smallest absolute Gasteiger partial charge is 0.255 e. The van der Waals surface area contributed by atoms with Crippen LogP contribution in [0.25, 0.3) is 0 Å². The highest BCUT2D eigenvalue weighted by atomic mass is 16.1. The predicted octanol–water partition coefficient (Wildman–Crippen LogP) is 1.75. The third-order valence-electron chi connectivity index (χ3n) is 2.93. The Labute approximate surface area is 116 Å². The van der Waals surface area contributed by atoms with E-state index in [-0.39, 0.29) is 17.5 Å². The summed E-state index contributed by atoms with van der Waals surface area (Å²) in [6.07, 6.45) is 0. The molecule has 4 N–H and O–H groups in total. The summed E-state index contributed by atoms with van der Waals surface area (Å²) in [5.74, 6) is 0.357. The number of hydrogen-bond acceptors (Lipinski definition) is 3. The number of hydrogen-bond donors (Lipinski definition) is 3. The zero-order chi connectivity index (χ0) is 14.7. The maximum atomic E-state index is 11.6. The second-order valence-electron chi connectivity index (χ2n) is 4.59. The molecule has 104 valence electrons. The quantitative estimate of drug-likeness (QED) is 0.572. The predicted molar refractivity (Wildman–Crippen MR) is 80.4 cm³/mol. The van der Waals surface area contributed by atoms with E-state index in [1.54, 1.807) is 13.8 Å². The van der Waals surface area contributed by atoms with Crippen LogP contribution in [-0.2, 0) is 0 Å². The maximum absolute atomic E-state index is 11.6. The van der Waals surface area contributed by atoms with E-state index in [4.69, 9.17) is 5.73 Å². The number of nitrogens with zero attached hydrogens (tertiary/aromatic N) is 2. The standard InChI is InChI=1S/C14H17N5O/c1-8-4-6-11(7-5-8)17-13(15)19-14-16-10(3)9(2)12(20)18-14/h4-7H,1-3H3,(H4,15,16,17,18,19,20). The van der Waals surface area contributed by atoms with Crippen LogP contribution in [0.5, 0.6) is 0 Å². The molecular formula is C14H17N5O. The number of aliphatic imine (C=N–C) groups is 1. The number of anilines is 1. The lowest BCUT2D eigenvalue weighted by Crippen LogP contribution is -2.23. The maximum Gasteiger partial charge on any atom is 0.255 e. The van der Waals surface area contributed by atoms with Crippen LogP contribution in [-0.4, -0.2) is 15.9 Å². The van der Waals surface area contributed by atoms with Crippen molar-refractivity contribution in [3.8, 4) is 0 Å². The van der Waals surface area contributed by atoms with Crippen molar-refractivity contribution in [1.82, 2.24) is 9.97 Å². The second kappa shape index (κ2) is 5.56. The van der Waals surface area contributed by atoms with Crippen molar-refractivity contribution in [3.05, 3.63) is 51.4 Å². The van der Waals surface area contributed by atoms with Crippen LogP contribution in [0.1, 0.15) is 16.8 Å². The van der Waals surface area contributed by atoms with Gasteiger partial charge in [0, 0.05) is 16.9 Å². The van der Waals surface area contributed by atoms with E-state index in [2.05, 4.69) is 20.3 Å². The highest BCUT2D eigenvalue weighted by Gasteiger charge is 2.03. The Hall–Kier alpha value is -2.63. The fraction of sp³-hybridized carbons (Fsp3) is 0.214. The molecule has 2 rings (SSSR count). The van der Waals surface area contributed by atoms with E-state index in [9.17, 15) is 4.79 Å². The molecule has 0 bridgehead atoms. The Morgan fingerprint density at radius 2 is 1.90 bits per heavy atom. The van der Waals surface area contributed by atoms with Crippen molar-refractivity contribution in [2.45, 2.75) is 20.8 Å². The van der Waals surface area contributed by atoms with Gasteiger partial charge in [-0.1, -0.05) is 17.7 Å². The van der Waals surface area contributed by atoms with Gasteiger partial charge in [-0.25, -0.2) is 4.98 Å². The van der Waals surface area contributed by atoms with Gasteiger partial charge in [0.25, 0.3) is 5.56 Å². The molecular weight excluding hydrogens is 254 g/mol. The highest BCUT2D eigenvalue weighted by Crippen LogP contribution is 2.09. The molecule has 6 nitrogen and oxygen atoms in total. The molecule has 0 spiro atoms. The lowest BCUT2D eigenvalue weighted by Gasteiger charge is -2.06. The molecule has 0 unspecified atom stereocenters. The van der Waals surface area contributed by atoms with Gasteiger partial charge in [0.15, 0.2) is 0 Å². The lowest BCUT2D eigenvalue weighted by molar-refractivity contribution is 1.01. The Bertz CT molecular complexity index is 700. The zero-order valence-corrected chi connectivity index (χ0v) is 11.7. The lowest BCUT2D eigenvalue weighted by atomic mass is 10.2. The summed E-state index contributed by atoms with van der Waals surface area (Å²) >= 11 is 0. The number of aryl methyl sites for hydroxylation is 2. The molecule has 0 aliphatic heterocycles. The summed E-state index contributed by atoms with van der Waals surface area (Å²) in [6.45, 7) is 5.47. The van der Waals surface area contributed by atoms with Crippen LogP contribution in [0.4, 0.5) is 11.6 Å². The molecule has 0 atom stereocenters. The molecule has 1 aromatic heterocycles. The minimum absolute atomic E-state index is 0.167. The summed E-state index contributed by atoms with van der Waals surface area (Å²) in [4.78, 5) is 22.4. The molecule has 0 aliphatic carbocycles. The van der Waals surface area contributed by atoms with Crippen molar-refractivity contribution < 1.29 is 0 Å². The third kappa shape index (κ3) is 3.23. The molecule has 20 heavy (non-hydrogen) atoms. The molecule has 0 fully saturated rings. The van der Waals surface area contributed by atoms with Crippen LogP contribution in [0.2, 0.25) is 0 Å². The van der Waals surface area contributed by atoms with Crippen LogP contribution < -0.4 is 16.6 Å². The normalized spacial score (nSPS) is 11.4. The summed E-state index contributed by atoms with van der Waals surface area (Å²) < 4.78 is 0. The highest BCUT2D eigenvalue weighted by molar-refractivity contribution is 5.93. The van der Waals surface area contributed by atoms with Crippen LogP contribution in [0, 0.1) is 20.8 Å². The first-order valence-electron chi connectivity index (χ1n) is 6.21. The molecule has 2 aromatic rings. The van der Waals surface area contributed by atoms with Gasteiger partial charge in [0.05, 0.1) is 0 Å². The van der Waals surface area contributed by atoms with Gasteiger partial charge in [0.2, 0.25) is 11.9 Å². The van der Waals surface area contributed by atoms with Crippen molar-refractivity contribution in [1.29, 1.82) is 0 Å². The molecule has 6 heteroatoms. The van der Waals surface area contributed by atoms with E-state index >= 15 is 0 Å². The molecule has 1 heterocycles. The number of nitrogens with one attached hydrogen (secondary N) is 2. The zero-order valence-electron chi connectivity index (χ0n) is 11.7. The summed E-state index contributed by atoms with van der Waals surface area (Å²) in [5, 5.41) is 2.94. The average molecular weight is 271 g/mol. The molecule has 0 saturated heterocycles. The summed E-state index contributed by atoms with van der Waals surface area (Å²) in [7, 11) is 0. The van der Waals surface area contributed by atoms with Crippen molar-refractivity contribution >= 4 is 17.6 Å². The SMILES string of the molecule is Cc1ccc(N/C(N)=N/c2nc(C)c(C)c(=O)[nH]2)cc1. The first-order chi connectivity index (χ1) is 9.45. The van der Waals surface area contributed by atoms with Crippen molar-refractivity contribution in [2.75, 3.05) is 5.32 Å². The average Bonchev–Trinajstić information content (AvgIpc) is 2.38. The number of rotatable bonds is 2. The van der Waals surface area contributed by atoms with Gasteiger partial charge in [0.1, 0.15) is 0 Å². The summed E-state index contributed by atoms with van der Waals surface area (Å²) in [5.41, 5.74) is 8.78. The monoisotopic (exact) mass is 271 g/mol. The van der Waals surface area contributed by atoms with E-state index in [0.29, 0.717) is 11.3 Å². The van der Waals surface area contributed by atoms with E-state index in [1.807, 2.05) is 31.2 Å². The topological polar surface area (TPSA) is 96.2 Å². The molecule has 0 saturated carbocycles. The van der Waals surface area contributed by atoms with Gasteiger partial charge in [-0.15, -0.1) is 0 Å². The van der Waals surface area contributed by atoms with Gasteiger partial charge in [-0.3, -0.25) is 9.78 Å². The Kier molecular flexibility index (Phi) is 3.84. The van der Waals surface area contributed by atoms with E-state index < -0.39 is 0 Å². The first-order valence-corrected chi connectivity index (χ1v) is 6.21. The van der Waals surface area contributed by atoms with Crippen LogP contribution in [0.15, 0.2) is 34.1 Å². The third-order valence-corrected chi connectivity index (χ3v) is 2.93. The number of benzene rings is 1. The number of aromatic nitrogens is 2. The van der Waals surface area contributed by atoms with E-state index in [0.717, 1.165) is 11.3 Å². The molecule has 1 aromatic carbocycles. The van der Waals surface area contributed by atoms with Crippen LogP contribution in [0.3, 0.4) is 0 Å². The number of guanidine groups is 1. The fourth-order valence-electron chi connectivity index (χ4n) is 1.61. The Morgan fingerprint density at radius 3 is 2.50 bits per heavy atom.